The number of halogens is 3. The highest BCUT2D eigenvalue weighted by Crippen LogP contribution is 2.37. The fourth-order valence-corrected chi connectivity index (χ4v) is 5.58. The maximum Gasteiger partial charge on any atom is 0.416 e. The van der Waals surface area contributed by atoms with Crippen LogP contribution in [-0.2, 0) is 30.4 Å². The molecule has 39 heavy (non-hydrogen) atoms. The average molecular weight is 551 g/mol. The van der Waals surface area contributed by atoms with E-state index in [9.17, 15) is 18.0 Å². The summed E-state index contributed by atoms with van der Waals surface area (Å²) < 4.78 is 47.1. The molecule has 3 aromatic carbocycles. The fraction of sp³-hybridized carbons (Fsp3) is 0.200. The van der Waals surface area contributed by atoms with E-state index in [0.717, 1.165) is 45.6 Å². The van der Waals surface area contributed by atoms with Crippen LogP contribution in [0.3, 0.4) is 0 Å². The molecule has 1 atom stereocenters. The largest absolute Gasteiger partial charge is 0.485 e. The van der Waals surface area contributed by atoms with Gasteiger partial charge < -0.3 is 14.4 Å². The lowest BCUT2D eigenvalue weighted by molar-refractivity contribution is -0.138. The topological polar surface area (TPSA) is 64.3 Å². The number of benzene rings is 3. The van der Waals surface area contributed by atoms with Crippen LogP contribution in [0.15, 0.2) is 85.1 Å². The number of rotatable bonds is 9. The molecule has 0 unspecified atom stereocenters. The maximum absolute atomic E-state index is 13.1. The predicted octanol–water partition coefficient (Wildman–Crippen LogP) is 7.79. The van der Waals surface area contributed by atoms with Crippen molar-refractivity contribution in [3.05, 3.63) is 107 Å². The van der Waals surface area contributed by atoms with Gasteiger partial charge in [0, 0.05) is 22.7 Å². The lowest BCUT2D eigenvalue weighted by atomic mass is 10.1. The molecule has 0 aliphatic heterocycles. The minimum atomic E-state index is -4.40. The standard InChI is InChI=1S/C30H25F3N2O3S/c1-19(38-24-12-14-26-22(17-24)15-16-35(26)18-27(36)37)28-25(13-7-20-5-3-2-4-6-20)34-29(39-28)21-8-10-23(11-9-21)30(31,32)33/h2-6,8-12,14-17,19H,7,13,18H2,1H3,(H,36,37)/t19-/m1/s1. The van der Waals surface area contributed by atoms with Crippen LogP contribution in [0.4, 0.5) is 13.2 Å². The van der Waals surface area contributed by atoms with Crippen molar-refractivity contribution >= 4 is 28.2 Å². The van der Waals surface area contributed by atoms with Gasteiger partial charge in [-0.1, -0.05) is 42.5 Å². The molecule has 5 aromatic rings. The Balaban J connectivity index is 1.42. The van der Waals surface area contributed by atoms with Crippen LogP contribution in [0.1, 0.15) is 34.7 Å². The highest BCUT2D eigenvalue weighted by molar-refractivity contribution is 7.15. The maximum atomic E-state index is 13.1. The van der Waals surface area contributed by atoms with Crippen molar-refractivity contribution in [1.82, 2.24) is 9.55 Å². The van der Waals surface area contributed by atoms with Crippen molar-refractivity contribution < 1.29 is 27.8 Å². The van der Waals surface area contributed by atoms with Gasteiger partial charge in [0.25, 0.3) is 0 Å². The molecule has 0 bridgehead atoms. The number of thiazole rings is 1. The number of carbonyl (C=O) groups is 1. The fourth-order valence-electron chi connectivity index (χ4n) is 4.49. The zero-order valence-corrected chi connectivity index (χ0v) is 21.8. The third kappa shape index (κ3) is 6.15. The first kappa shape index (κ1) is 26.5. The summed E-state index contributed by atoms with van der Waals surface area (Å²) in [7, 11) is 0. The highest BCUT2D eigenvalue weighted by Gasteiger charge is 2.30. The first-order valence-corrected chi connectivity index (χ1v) is 13.2. The van der Waals surface area contributed by atoms with Crippen LogP contribution in [-0.4, -0.2) is 20.6 Å². The molecule has 2 heterocycles. The van der Waals surface area contributed by atoms with E-state index in [1.807, 2.05) is 43.3 Å². The van der Waals surface area contributed by atoms with Gasteiger partial charge >= 0.3 is 12.1 Å². The number of aryl methyl sites for hydroxylation is 2. The van der Waals surface area contributed by atoms with Gasteiger partial charge in [0.2, 0.25) is 0 Å². The SMILES string of the molecule is C[C@@H](Oc1ccc2c(ccn2CC(=O)O)c1)c1sc(-c2ccc(C(F)(F)F)cc2)nc1CCc1ccccc1. The normalized spacial score (nSPS) is 12.5. The molecule has 9 heteroatoms. The summed E-state index contributed by atoms with van der Waals surface area (Å²) in [6.45, 7) is 1.80. The van der Waals surface area contributed by atoms with E-state index in [0.29, 0.717) is 22.7 Å². The number of hydrogen-bond donors (Lipinski definition) is 1. The number of carboxylic acid groups (broad SMARTS) is 1. The lowest BCUT2D eigenvalue weighted by Crippen LogP contribution is -2.07. The molecule has 0 amide bonds. The Morgan fingerprint density at radius 1 is 1.03 bits per heavy atom. The lowest BCUT2D eigenvalue weighted by Gasteiger charge is -2.15. The zero-order valence-electron chi connectivity index (χ0n) is 21.0. The molecule has 1 N–H and O–H groups in total. The molecular weight excluding hydrogens is 525 g/mol. The molecule has 0 saturated heterocycles. The summed E-state index contributed by atoms with van der Waals surface area (Å²) in [4.78, 5) is 16.9. The van der Waals surface area contributed by atoms with Crippen LogP contribution in [0, 0.1) is 0 Å². The number of aromatic nitrogens is 2. The molecule has 0 fully saturated rings. The zero-order chi connectivity index (χ0) is 27.6. The van der Waals surface area contributed by atoms with Crippen molar-refractivity contribution in [3.63, 3.8) is 0 Å². The highest BCUT2D eigenvalue weighted by atomic mass is 32.1. The number of nitrogens with zero attached hydrogens (tertiary/aromatic N) is 2. The number of fused-ring (bicyclic) bond motifs is 1. The first-order valence-electron chi connectivity index (χ1n) is 12.4. The summed E-state index contributed by atoms with van der Waals surface area (Å²) in [5.74, 6) is -0.292. The van der Waals surface area contributed by atoms with Gasteiger partial charge in [-0.05, 0) is 61.7 Å². The molecule has 5 nitrogen and oxygen atoms in total. The van der Waals surface area contributed by atoms with E-state index in [1.165, 1.54) is 23.5 Å². The monoisotopic (exact) mass is 550 g/mol. The molecule has 5 rings (SSSR count). The molecule has 0 aliphatic carbocycles. The number of alkyl halides is 3. The molecule has 0 saturated carbocycles. The summed E-state index contributed by atoms with van der Waals surface area (Å²) >= 11 is 1.42. The summed E-state index contributed by atoms with van der Waals surface area (Å²) in [6.07, 6.45) is -1.62. The third-order valence-corrected chi connectivity index (χ3v) is 7.72. The minimum Gasteiger partial charge on any atom is -0.485 e. The van der Waals surface area contributed by atoms with Gasteiger partial charge in [-0.3, -0.25) is 4.79 Å². The van der Waals surface area contributed by atoms with Crippen LogP contribution in [0.5, 0.6) is 5.75 Å². The molecular formula is C30H25F3N2O3S. The van der Waals surface area contributed by atoms with Crippen molar-refractivity contribution in [1.29, 1.82) is 0 Å². The second-order valence-corrected chi connectivity index (χ2v) is 10.2. The molecule has 0 aliphatic rings. The van der Waals surface area contributed by atoms with Crippen LogP contribution >= 0.6 is 11.3 Å². The quantitative estimate of drug-likeness (QED) is 0.203. The Kier molecular flexibility index (Phi) is 7.43. The predicted molar refractivity (Wildman–Crippen MR) is 145 cm³/mol. The summed E-state index contributed by atoms with van der Waals surface area (Å²) in [5, 5.41) is 10.6. The van der Waals surface area contributed by atoms with E-state index >= 15 is 0 Å². The molecule has 200 valence electrons. The van der Waals surface area contributed by atoms with Crippen molar-refractivity contribution in [2.45, 2.75) is 38.6 Å². The van der Waals surface area contributed by atoms with Gasteiger partial charge in [0.05, 0.1) is 16.1 Å². The summed E-state index contributed by atoms with van der Waals surface area (Å²) in [5.41, 5.74) is 2.73. The van der Waals surface area contributed by atoms with Crippen molar-refractivity contribution in [3.8, 4) is 16.3 Å². The van der Waals surface area contributed by atoms with E-state index < -0.39 is 17.7 Å². The van der Waals surface area contributed by atoms with Crippen LogP contribution < -0.4 is 4.74 Å². The smallest absolute Gasteiger partial charge is 0.416 e. The number of aliphatic carboxylic acids is 1. The van der Waals surface area contributed by atoms with Gasteiger partial charge in [0.15, 0.2) is 0 Å². The number of ether oxygens (including phenoxy) is 1. The third-order valence-electron chi connectivity index (χ3n) is 6.41. The molecule has 0 spiro atoms. The number of carboxylic acids is 1. The Hall–Kier alpha value is -4.11. The van der Waals surface area contributed by atoms with Gasteiger partial charge in [-0.2, -0.15) is 13.2 Å². The van der Waals surface area contributed by atoms with Crippen LogP contribution in [0.25, 0.3) is 21.5 Å². The average Bonchev–Trinajstić information content (AvgIpc) is 3.51. The first-order chi connectivity index (χ1) is 18.7. The summed E-state index contributed by atoms with van der Waals surface area (Å²) in [6, 6.07) is 22.4. The minimum absolute atomic E-state index is 0.127. The van der Waals surface area contributed by atoms with E-state index in [2.05, 4.69) is 12.1 Å². The molecule has 0 radical (unpaired) electrons. The Bertz CT molecular complexity index is 1590. The Labute approximate surface area is 227 Å². The Morgan fingerprint density at radius 3 is 2.46 bits per heavy atom. The Morgan fingerprint density at radius 2 is 1.77 bits per heavy atom. The van der Waals surface area contributed by atoms with Crippen molar-refractivity contribution in [2.24, 2.45) is 0 Å². The second-order valence-electron chi connectivity index (χ2n) is 9.21. The van der Waals surface area contributed by atoms with E-state index in [4.69, 9.17) is 14.8 Å². The second kappa shape index (κ2) is 10.9. The van der Waals surface area contributed by atoms with E-state index in [-0.39, 0.29) is 12.6 Å². The van der Waals surface area contributed by atoms with Crippen LogP contribution in [0.2, 0.25) is 0 Å². The van der Waals surface area contributed by atoms with Gasteiger partial charge in [-0.15, -0.1) is 11.3 Å². The van der Waals surface area contributed by atoms with E-state index in [1.54, 1.807) is 16.8 Å². The number of hydrogen-bond acceptors (Lipinski definition) is 4. The van der Waals surface area contributed by atoms with Crippen molar-refractivity contribution in [2.75, 3.05) is 0 Å². The van der Waals surface area contributed by atoms with Gasteiger partial charge in [-0.25, -0.2) is 4.98 Å². The van der Waals surface area contributed by atoms with Gasteiger partial charge in [0.1, 0.15) is 23.4 Å². The molecule has 2 aromatic heterocycles.